The number of ether oxygens (including phenoxy) is 6. The Hall–Kier alpha value is -4.98. The lowest BCUT2D eigenvalue weighted by Gasteiger charge is -2.30. The summed E-state index contributed by atoms with van der Waals surface area (Å²) < 4.78 is 33.6. The fraction of sp³-hybridized carbons (Fsp3) is 0.571. The molecule has 0 saturated carbocycles. The van der Waals surface area contributed by atoms with E-state index < -0.39 is 65.9 Å². The third-order valence-corrected chi connectivity index (χ3v) is 10.2. The van der Waals surface area contributed by atoms with Crippen molar-refractivity contribution in [3.8, 4) is 16.9 Å². The number of ketones is 2. The average Bonchev–Trinajstić information content (AvgIpc) is 3.73. The van der Waals surface area contributed by atoms with E-state index in [4.69, 9.17) is 28.4 Å². The summed E-state index contributed by atoms with van der Waals surface area (Å²) in [5, 5.41) is 0. The predicted molar refractivity (Wildman–Crippen MR) is 201 cm³/mol. The molecule has 2 fully saturated rings. The van der Waals surface area contributed by atoms with E-state index in [9.17, 15) is 28.8 Å². The van der Waals surface area contributed by atoms with Crippen LogP contribution in [0.4, 0.5) is 9.59 Å². The maximum Gasteiger partial charge on any atom is 0.411 e. The number of hydrogen-bond acceptors (Lipinski definition) is 12. The minimum atomic E-state index is -1.02. The van der Waals surface area contributed by atoms with Crippen molar-refractivity contribution in [2.75, 3.05) is 33.4 Å². The Balaban J connectivity index is 1.10. The standard InChI is InChI=1S/C42H52N2O12/c1-23-13-31(43(18-23)39(49)55-41(2,3)4)37(47)53-22-33(45)26-9-11-28-27(15-26)21-52-35-17-29-25(16-30(28)35)10-12-34(36(29)46)54-38(48)32-14-24(20-51-8)19-44(32)40(50)56-42(5,6)7/h9,11,15-17,23-24,31-32,34H,10,12-14,18-22H2,1-8H3/t23-,24?,31-,32?,34?/m0/s1. The monoisotopic (exact) mass is 776 g/mol. The molecule has 56 heavy (non-hydrogen) atoms. The number of fused-ring (bicyclic) bond motifs is 4. The molecule has 3 aliphatic heterocycles. The fourth-order valence-corrected chi connectivity index (χ4v) is 7.75. The minimum absolute atomic E-state index is 0.0668. The molecule has 0 bridgehead atoms. The maximum atomic E-state index is 13.7. The van der Waals surface area contributed by atoms with Crippen molar-refractivity contribution in [3.63, 3.8) is 0 Å². The van der Waals surface area contributed by atoms with E-state index in [2.05, 4.69) is 0 Å². The van der Waals surface area contributed by atoms with Crippen molar-refractivity contribution in [1.82, 2.24) is 9.80 Å². The third-order valence-electron chi connectivity index (χ3n) is 10.2. The number of methoxy groups -OCH3 is 1. The molecule has 0 aromatic heterocycles. The Bertz CT molecular complexity index is 1910. The molecular formula is C42H52N2O12. The number of nitrogens with zero attached hydrogens (tertiary/aromatic N) is 2. The fourth-order valence-electron chi connectivity index (χ4n) is 7.75. The summed E-state index contributed by atoms with van der Waals surface area (Å²) in [4.78, 5) is 82.0. The molecule has 2 amide bonds. The summed E-state index contributed by atoms with van der Waals surface area (Å²) in [5.41, 5.74) is 2.40. The van der Waals surface area contributed by atoms with Crippen LogP contribution >= 0.6 is 0 Å². The van der Waals surface area contributed by atoms with Gasteiger partial charge in [-0.3, -0.25) is 19.4 Å². The van der Waals surface area contributed by atoms with Gasteiger partial charge in [-0.2, -0.15) is 0 Å². The van der Waals surface area contributed by atoms with Crippen molar-refractivity contribution >= 4 is 35.7 Å². The van der Waals surface area contributed by atoms with E-state index in [-0.39, 0.29) is 37.2 Å². The molecule has 2 saturated heterocycles. The number of carbonyl (C=O) groups excluding carboxylic acids is 6. The van der Waals surface area contributed by atoms with Gasteiger partial charge in [-0.25, -0.2) is 19.2 Å². The van der Waals surface area contributed by atoms with Crippen molar-refractivity contribution < 1.29 is 57.2 Å². The van der Waals surface area contributed by atoms with Gasteiger partial charge in [0.15, 0.2) is 18.5 Å². The van der Waals surface area contributed by atoms with Crippen molar-refractivity contribution in [2.24, 2.45) is 11.8 Å². The number of likely N-dealkylation sites (tertiary alicyclic amines) is 2. The Labute approximate surface area is 327 Å². The summed E-state index contributed by atoms with van der Waals surface area (Å²) in [6.07, 6.45) is -0.767. The van der Waals surface area contributed by atoms with Crippen LogP contribution in [0, 0.1) is 11.8 Å². The van der Waals surface area contributed by atoms with Crippen molar-refractivity contribution in [1.29, 1.82) is 0 Å². The van der Waals surface area contributed by atoms with Crippen LogP contribution in [0.2, 0.25) is 0 Å². The SMILES string of the molecule is COCC1CC(C(=O)OC2CCc3cc4c(cc3C2=O)OCc2cc(C(=O)COC(=O)[C@@H]3C[C@H](C)CN3C(=O)OC(C)(C)C)ccc2-4)N(C(=O)OC(C)(C)C)C1. The zero-order valence-corrected chi connectivity index (χ0v) is 33.4. The first-order valence-electron chi connectivity index (χ1n) is 19.2. The van der Waals surface area contributed by atoms with Crippen LogP contribution in [0.15, 0.2) is 30.3 Å². The van der Waals surface area contributed by atoms with E-state index in [1.54, 1.807) is 66.9 Å². The molecule has 0 spiro atoms. The number of amides is 2. The van der Waals surface area contributed by atoms with Gasteiger partial charge in [0.05, 0.1) is 6.61 Å². The Morgan fingerprint density at radius 3 is 2.12 bits per heavy atom. The summed E-state index contributed by atoms with van der Waals surface area (Å²) in [7, 11) is 1.56. The van der Waals surface area contributed by atoms with Crippen LogP contribution in [0.5, 0.6) is 5.75 Å². The molecule has 0 N–H and O–H groups in total. The second kappa shape index (κ2) is 15.9. The van der Waals surface area contributed by atoms with E-state index in [0.717, 1.165) is 22.3 Å². The van der Waals surface area contributed by atoms with Gasteiger partial charge >= 0.3 is 24.1 Å². The number of esters is 2. The first kappa shape index (κ1) is 40.7. The predicted octanol–water partition coefficient (Wildman–Crippen LogP) is 5.93. The van der Waals surface area contributed by atoms with Crippen LogP contribution in [-0.4, -0.2) is 108 Å². The van der Waals surface area contributed by atoms with E-state index in [0.29, 0.717) is 49.3 Å². The highest BCUT2D eigenvalue weighted by molar-refractivity contribution is 6.04. The van der Waals surface area contributed by atoms with Gasteiger partial charge in [-0.05, 0) is 108 Å². The average molecular weight is 777 g/mol. The van der Waals surface area contributed by atoms with Crippen molar-refractivity contribution in [2.45, 2.75) is 110 Å². The zero-order valence-electron chi connectivity index (χ0n) is 33.4. The van der Waals surface area contributed by atoms with Gasteiger partial charge in [0, 0.05) is 42.8 Å². The van der Waals surface area contributed by atoms with Gasteiger partial charge in [0.1, 0.15) is 35.6 Å². The molecule has 6 rings (SSSR count). The first-order chi connectivity index (χ1) is 26.3. The van der Waals surface area contributed by atoms with Crippen LogP contribution in [0.3, 0.4) is 0 Å². The normalized spacial score (nSPS) is 23.0. The molecule has 2 aromatic rings. The van der Waals surface area contributed by atoms with Crippen LogP contribution < -0.4 is 4.74 Å². The molecule has 0 radical (unpaired) electrons. The number of aryl methyl sites for hydroxylation is 1. The lowest BCUT2D eigenvalue weighted by Crippen LogP contribution is -2.46. The van der Waals surface area contributed by atoms with Gasteiger partial charge in [0.25, 0.3) is 0 Å². The smallest absolute Gasteiger partial charge is 0.411 e. The molecule has 4 aliphatic rings. The van der Waals surface area contributed by atoms with E-state index in [1.807, 2.05) is 19.1 Å². The molecule has 5 atom stereocenters. The Morgan fingerprint density at radius 1 is 0.804 bits per heavy atom. The second-order valence-corrected chi connectivity index (χ2v) is 17.2. The molecule has 14 heteroatoms. The van der Waals surface area contributed by atoms with E-state index in [1.165, 1.54) is 9.80 Å². The largest absolute Gasteiger partial charge is 0.488 e. The highest BCUT2D eigenvalue weighted by Crippen LogP contribution is 2.42. The number of Topliss-reactive ketones (excluding diaryl/α,β-unsaturated/α-hetero) is 2. The third kappa shape index (κ3) is 9.01. The molecule has 3 unspecified atom stereocenters. The lowest BCUT2D eigenvalue weighted by atomic mass is 9.84. The number of hydrogen-bond donors (Lipinski definition) is 0. The molecular weight excluding hydrogens is 724 g/mol. The quantitative estimate of drug-likeness (QED) is 0.177. The molecule has 2 aromatic carbocycles. The first-order valence-corrected chi connectivity index (χ1v) is 19.2. The number of carbonyl (C=O) groups is 6. The molecule has 1 aliphatic carbocycles. The van der Waals surface area contributed by atoms with Gasteiger partial charge in [-0.1, -0.05) is 19.1 Å². The highest BCUT2D eigenvalue weighted by Gasteiger charge is 2.45. The van der Waals surface area contributed by atoms with Crippen molar-refractivity contribution in [3.05, 3.63) is 52.6 Å². The topological polar surface area (TPSA) is 164 Å². The minimum Gasteiger partial charge on any atom is -0.488 e. The molecule has 14 nitrogen and oxygen atoms in total. The van der Waals surface area contributed by atoms with E-state index >= 15 is 0 Å². The zero-order chi connectivity index (χ0) is 40.7. The lowest BCUT2D eigenvalue weighted by molar-refractivity contribution is -0.152. The maximum absolute atomic E-state index is 13.7. The number of benzene rings is 2. The van der Waals surface area contributed by atoms with Gasteiger partial charge in [-0.15, -0.1) is 0 Å². The van der Waals surface area contributed by atoms with Crippen LogP contribution in [-0.2, 0) is 46.3 Å². The summed E-state index contributed by atoms with van der Waals surface area (Å²) in [6.45, 7) is 13.1. The van der Waals surface area contributed by atoms with Crippen LogP contribution in [0.25, 0.3) is 11.1 Å². The van der Waals surface area contributed by atoms with Gasteiger partial charge in [0.2, 0.25) is 5.78 Å². The molecule has 302 valence electrons. The Kier molecular flexibility index (Phi) is 11.5. The summed E-state index contributed by atoms with van der Waals surface area (Å²) in [5.74, 6) is -1.59. The Morgan fingerprint density at radius 2 is 1.46 bits per heavy atom. The number of rotatable bonds is 8. The second-order valence-electron chi connectivity index (χ2n) is 17.2. The molecule has 3 heterocycles. The van der Waals surface area contributed by atoms with Crippen LogP contribution in [0.1, 0.15) is 99.6 Å². The summed E-state index contributed by atoms with van der Waals surface area (Å²) in [6, 6.07) is 7.02. The highest BCUT2D eigenvalue weighted by atomic mass is 16.6. The summed E-state index contributed by atoms with van der Waals surface area (Å²) >= 11 is 0. The van der Waals surface area contributed by atoms with Gasteiger partial charge < -0.3 is 28.4 Å².